The highest BCUT2D eigenvalue weighted by Crippen LogP contribution is 2.15. The number of carbonyl (C=O) groups is 2. The molecule has 4 aromatic rings. The van der Waals surface area contributed by atoms with Crippen molar-refractivity contribution in [3.05, 3.63) is 149 Å². The first-order valence-corrected chi connectivity index (χ1v) is 12.7. The maximum atomic E-state index is 12.8. The van der Waals surface area contributed by atoms with Gasteiger partial charge in [0.25, 0.3) is 0 Å². The highest BCUT2D eigenvalue weighted by Gasteiger charge is 2.11. The normalized spacial score (nSPS) is 11.9. The van der Waals surface area contributed by atoms with Crippen LogP contribution in [0.1, 0.15) is 45.6 Å². The zero-order valence-electron chi connectivity index (χ0n) is 21.4. The van der Waals surface area contributed by atoms with Crippen LogP contribution >= 0.6 is 0 Å². The number of allylic oxidation sites excluding steroid dienone is 1. The van der Waals surface area contributed by atoms with Gasteiger partial charge in [0, 0.05) is 5.56 Å². The SMILES string of the molecule is C[C@@H](NC(=O)Cc1cccc(C(=O)C=Cc2ccc(OCC=Cc3ccccc3)cc2)c1)c1ccccc1. The summed E-state index contributed by atoms with van der Waals surface area (Å²) in [5.41, 5.74) is 4.43. The average Bonchev–Trinajstić information content (AvgIpc) is 2.95. The Labute approximate surface area is 224 Å². The number of amides is 1. The van der Waals surface area contributed by atoms with Gasteiger partial charge >= 0.3 is 0 Å². The summed E-state index contributed by atoms with van der Waals surface area (Å²) >= 11 is 0. The van der Waals surface area contributed by atoms with E-state index in [2.05, 4.69) is 5.32 Å². The first-order valence-electron chi connectivity index (χ1n) is 12.7. The molecule has 1 N–H and O–H groups in total. The van der Waals surface area contributed by atoms with E-state index in [-0.39, 0.29) is 24.2 Å². The lowest BCUT2D eigenvalue weighted by molar-refractivity contribution is -0.121. The molecule has 0 aliphatic heterocycles. The Bertz CT molecular complexity index is 1390. The Morgan fingerprint density at radius 1 is 0.789 bits per heavy atom. The van der Waals surface area contributed by atoms with Crippen molar-refractivity contribution in [2.75, 3.05) is 6.61 Å². The van der Waals surface area contributed by atoms with Gasteiger partial charge in [-0.05, 0) is 59.5 Å². The minimum Gasteiger partial charge on any atom is -0.490 e. The molecule has 0 saturated heterocycles. The second kappa shape index (κ2) is 13.6. The van der Waals surface area contributed by atoms with Gasteiger partial charge in [-0.25, -0.2) is 0 Å². The van der Waals surface area contributed by atoms with Gasteiger partial charge < -0.3 is 10.1 Å². The zero-order valence-corrected chi connectivity index (χ0v) is 21.4. The smallest absolute Gasteiger partial charge is 0.224 e. The van der Waals surface area contributed by atoms with Gasteiger partial charge in [0.1, 0.15) is 12.4 Å². The van der Waals surface area contributed by atoms with Crippen molar-refractivity contribution >= 4 is 23.8 Å². The highest BCUT2D eigenvalue weighted by molar-refractivity contribution is 6.07. The van der Waals surface area contributed by atoms with Gasteiger partial charge in [-0.3, -0.25) is 9.59 Å². The van der Waals surface area contributed by atoms with E-state index in [4.69, 9.17) is 4.74 Å². The van der Waals surface area contributed by atoms with E-state index < -0.39 is 0 Å². The molecule has 4 nitrogen and oxygen atoms in total. The molecule has 0 unspecified atom stereocenters. The third-order valence-corrected chi connectivity index (χ3v) is 6.02. The number of hydrogen-bond donors (Lipinski definition) is 1. The molecule has 0 bridgehead atoms. The molecule has 1 atom stereocenters. The molecule has 0 aliphatic rings. The van der Waals surface area contributed by atoms with Crippen molar-refractivity contribution in [2.24, 2.45) is 0 Å². The van der Waals surface area contributed by atoms with Crippen molar-refractivity contribution < 1.29 is 14.3 Å². The molecule has 0 aromatic heterocycles. The maximum absolute atomic E-state index is 12.8. The van der Waals surface area contributed by atoms with Crippen LogP contribution in [0.15, 0.2) is 121 Å². The third-order valence-electron chi connectivity index (χ3n) is 6.02. The zero-order chi connectivity index (χ0) is 26.6. The van der Waals surface area contributed by atoms with Crippen LogP contribution < -0.4 is 10.1 Å². The lowest BCUT2D eigenvalue weighted by atomic mass is 10.0. The fourth-order valence-electron chi connectivity index (χ4n) is 3.97. The Morgan fingerprint density at radius 2 is 1.47 bits per heavy atom. The topological polar surface area (TPSA) is 55.4 Å². The molecule has 4 aromatic carbocycles. The predicted octanol–water partition coefficient (Wildman–Crippen LogP) is 7.09. The van der Waals surface area contributed by atoms with Gasteiger partial charge in [0.05, 0.1) is 12.5 Å². The molecule has 0 fully saturated rings. The average molecular weight is 502 g/mol. The second-order valence-electron chi connectivity index (χ2n) is 8.97. The minimum atomic E-state index is -0.115. The fraction of sp³-hybridized carbons (Fsp3) is 0.118. The monoisotopic (exact) mass is 501 g/mol. The number of carbonyl (C=O) groups excluding carboxylic acids is 2. The van der Waals surface area contributed by atoms with Crippen LogP contribution in [0.3, 0.4) is 0 Å². The second-order valence-corrected chi connectivity index (χ2v) is 8.97. The summed E-state index contributed by atoms with van der Waals surface area (Å²) in [4.78, 5) is 25.3. The van der Waals surface area contributed by atoms with E-state index in [1.807, 2.05) is 116 Å². The van der Waals surface area contributed by atoms with Crippen LogP contribution in [-0.4, -0.2) is 18.3 Å². The number of ether oxygens (including phenoxy) is 1. The number of rotatable bonds is 11. The van der Waals surface area contributed by atoms with E-state index in [1.54, 1.807) is 24.3 Å². The molecule has 1 amide bonds. The van der Waals surface area contributed by atoms with E-state index in [0.29, 0.717) is 12.2 Å². The Balaban J connectivity index is 1.27. The molecule has 0 saturated carbocycles. The van der Waals surface area contributed by atoms with E-state index in [9.17, 15) is 9.59 Å². The van der Waals surface area contributed by atoms with Gasteiger partial charge in [0.2, 0.25) is 5.91 Å². The van der Waals surface area contributed by atoms with Gasteiger partial charge in [0.15, 0.2) is 5.78 Å². The van der Waals surface area contributed by atoms with Crippen LogP contribution in [0.5, 0.6) is 5.75 Å². The van der Waals surface area contributed by atoms with Crippen LogP contribution in [0, 0.1) is 0 Å². The molecule has 190 valence electrons. The predicted molar refractivity (Wildman–Crippen MR) is 154 cm³/mol. The summed E-state index contributed by atoms with van der Waals surface area (Å²) in [6.07, 6.45) is 7.54. The van der Waals surface area contributed by atoms with Gasteiger partial charge in [-0.15, -0.1) is 0 Å². The fourth-order valence-corrected chi connectivity index (χ4v) is 3.97. The van der Waals surface area contributed by atoms with E-state index in [0.717, 1.165) is 28.0 Å². The summed E-state index contributed by atoms with van der Waals surface area (Å²) in [6, 6.07) is 34.6. The molecule has 0 radical (unpaired) electrons. The first kappa shape index (κ1) is 26.4. The van der Waals surface area contributed by atoms with Crippen LogP contribution in [0.2, 0.25) is 0 Å². The standard InChI is InChI=1S/C34H31NO3/c1-26(30-14-6-3-7-15-30)35-34(37)25-29-12-8-16-31(24-29)33(36)22-19-28-17-20-32(21-18-28)38-23-9-13-27-10-4-2-5-11-27/h2-22,24,26H,23,25H2,1H3,(H,35,37)/t26-/m1/s1. The quantitative estimate of drug-likeness (QED) is 0.176. The van der Waals surface area contributed by atoms with E-state index in [1.165, 1.54) is 0 Å². The molecule has 4 rings (SSSR count). The Kier molecular flexibility index (Phi) is 9.41. The molecular formula is C34H31NO3. The maximum Gasteiger partial charge on any atom is 0.224 e. The molecule has 38 heavy (non-hydrogen) atoms. The molecule has 0 spiro atoms. The Hall–Kier alpha value is -4.70. The van der Waals surface area contributed by atoms with E-state index >= 15 is 0 Å². The largest absolute Gasteiger partial charge is 0.490 e. The summed E-state index contributed by atoms with van der Waals surface area (Å²) in [6.45, 7) is 2.43. The lowest BCUT2D eigenvalue weighted by Crippen LogP contribution is -2.28. The lowest BCUT2D eigenvalue weighted by Gasteiger charge is -2.14. The summed E-state index contributed by atoms with van der Waals surface area (Å²) in [7, 11) is 0. The van der Waals surface area contributed by atoms with Crippen molar-refractivity contribution in [1.82, 2.24) is 5.32 Å². The molecule has 4 heteroatoms. The minimum absolute atomic E-state index is 0.0839. The summed E-state index contributed by atoms with van der Waals surface area (Å²) in [5.74, 6) is 0.564. The number of ketones is 1. The first-order chi connectivity index (χ1) is 18.6. The van der Waals surface area contributed by atoms with Gasteiger partial charge in [-0.2, -0.15) is 0 Å². The molecule has 0 heterocycles. The third kappa shape index (κ3) is 8.17. The van der Waals surface area contributed by atoms with Crippen LogP contribution in [0.25, 0.3) is 12.2 Å². The highest BCUT2D eigenvalue weighted by atomic mass is 16.5. The van der Waals surface area contributed by atoms with Crippen molar-refractivity contribution in [3.63, 3.8) is 0 Å². The molecular weight excluding hydrogens is 470 g/mol. The summed E-state index contributed by atoms with van der Waals surface area (Å²) in [5, 5.41) is 3.02. The van der Waals surface area contributed by atoms with Crippen molar-refractivity contribution in [2.45, 2.75) is 19.4 Å². The number of benzene rings is 4. The van der Waals surface area contributed by atoms with Crippen molar-refractivity contribution in [3.8, 4) is 5.75 Å². The van der Waals surface area contributed by atoms with Crippen LogP contribution in [-0.2, 0) is 11.2 Å². The number of nitrogens with one attached hydrogen (secondary N) is 1. The summed E-state index contributed by atoms with van der Waals surface area (Å²) < 4.78 is 5.76. The number of hydrogen-bond acceptors (Lipinski definition) is 3. The van der Waals surface area contributed by atoms with Crippen LogP contribution in [0.4, 0.5) is 0 Å². The van der Waals surface area contributed by atoms with Gasteiger partial charge in [-0.1, -0.05) is 103 Å². The Morgan fingerprint density at radius 3 is 2.21 bits per heavy atom. The molecule has 0 aliphatic carbocycles. The van der Waals surface area contributed by atoms with Crippen molar-refractivity contribution in [1.29, 1.82) is 0 Å².